The van der Waals surface area contributed by atoms with E-state index in [1.807, 2.05) is 18.2 Å². The van der Waals surface area contributed by atoms with Gasteiger partial charge in [0.1, 0.15) is 18.5 Å². The lowest BCUT2D eigenvalue weighted by Crippen LogP contribution is -2.32. The van der Waals surface area contributed by atoms with Crippen molar-refractivity contribution in [3.63, 3.8) is 0 Å². The summed E-state index contributed by atoms with van der Waals surface area (Å²) < 4.78 is 5.57. The summed E-state index contributed by atoms with van der Waals surface area (Å²) in [6.45, 7) is 3.76. The second kappa shape index (κ2) is 9.43. The maximum absolute atomic E-state index is 9.77. The molecule has 2 N–H and O–H groups in total. The average Bonchev–Trinajstić information content (AvgIpc) is 2.45. The summed E-state index contributed by atoms with van der Waals surface area (Å²) in [5.41, 5.74) is 1.24. The summed E-state index contributed by atoms with van der Waals surface area (Å²) in [5.74, 6) is 3.40. The number of hydrogen-bond donors (Lipinski definition) is 2. The number of rotatable bonds is 9. The van der Waals surface area contributed by atoms with Crippen molar-refractivity contribution in [2.24, 2.45) is 0 Å². The summed E-state index contributed by atoms with van der Waals surface area (Å²) in [7, 11) is 0. The van der Waals surface area contributed by atoms with Crippen molar-refractivity contribution in [3.05, 3.63) is 29.8 Å². The maximum Gasteiger partial charge on any atom is 0.119 e. The molecule has 1 rings (SSSR count). The third-order valence-corrected chi connectivity index (χ3v) is 2.80. The minimum atomic E-state index is -0.504. The quantitative estimate of drug-likeness (QED) is 0.527. The fourth-order valence-corrected chi connectivity index (χ4v) is 1.69. The van der Waals surface area contributed by atoms with Gasteiger partial charge in [-0.1, -0.05) is 19.1 Å². The van der Waals surface area contributed by atoms with E-state index < -0.39 is 6.10 Å². The molecule has 0 saturated heterocycles. The molecule has 0 aromatic heterocycles. The smallest absolute Gasteiger partial charge is 0.119 e. The summed E-state index contributed by atoms with van der Waals surface area (Å²) in [6, 6.07) is 7.95. The third kappa shape index (κ3) is 6.85. The first-order chi connectivity index (χ1) is 9.26. The second-order valence-electron chi connectivity index (χ2n) is 4.48. The van der Waals surface area contributed by atoms with E-state index in [4.69, 9.17) is 11.2 Å². The van der Waals surface area contributed by atoms with Gasteiger partial charge >= 0.3 is 0 Å². The largest absolute Gasteiger partial charge is 0.491 e. The zero-order chi connectivity index (χ0) is 13.9. The zero-order valence-corrected chi connectivity index (χ0v) is 11.6. The van der Waals surface area contributed by atoms with E-state index in [0.717, 1.165) is 31.6 Å². The Kier molecular flexibility index (Phi) is 7.72. The molecule has 19 heavy (non-hydrogen) atoms. The van der Waals surface area contributed by atoms with Crippen molar-refractivity contribution in [2.45, 2.75) is 32.3 Å². The van der Waals surface area contributed by atoms with Crippen LogP contribution in [0.15, 0.2) is 24.3 Å². The summed E-state index contributed by atoms with van der Waals surface area (Å²) in [4.78, 5) is 0. The van der Waals surface area contributed by atoms with Crippen LogP contribution in [0, 0.1) is 12.3 Å². The van der Waals surface area contributed by atoms with E-state index >= 15 is 0 Å². The highest BCUT2D eigenvalue weighted by atomic mass is 16.5. The first-order valence-corrected chi connectivity index (χ1v) is 6.80. The van der Waals surface area contributed by atoms with E-state index in [0.29, 0.717) is 13.2 Å². The molecule has 0 aliphatic rings. The van der Waals surface area contributed by atoms with Crippen LogP contribution in [-0.2, 0) is 6.42 Å². The second-order valence-corrected chi connectivity index (χ2v) is 4.48. The van der Waals surface area contributed by atoms with Crippen molar-refractivity contribution in [1.82, 2.24) is 5.32 Å². The molecule has 0 saturated carbocycles. The number of nitrogens with one attached hydrogen (secondary N) is 1. The number of aliphatic hydroxyl groups is 1. The lowest BCUT2D eigenvalue weighted by molar-refractivity contribution is 0.106. The lowest BCUT2D eigenvalue weighted by Gasteiger charge is -2.13. The number of aliphatic hydroxyl groups excluding tert-OH is 1. The molecule has 1 atom stereocenters. The highest BCUT2D eigenvalue weighted by Gasteiger charge is 2.04. The predicted molar refractivity (Wildman–Crippen MR) is 78.3 cm³/mol. The lowest BCUT2D eigenvalue weighted by atomic mass is 10.2. The Hall–Kier alpha value is -1.50. The Labute approximate surface area is 116 Å². The van der Waals surface area contributed by atoms with E-state index in [2.05, 4.69) is 24.2 Å². The summed E-state index contributed by atoms with van der Waals surface area (Å²) >= 11 is 0. The van der Waals surface area contributed by atoms with Gasteiger partial charge in [0.15, 0.2) is 0 Å². The van der Waals surface area contributed by atoms with Gasteiger partial charge in [0.25, 0.3) is 0 Å². The fourth-order valence-electron chi connectivity index (χ4n) is 1.69. The molecule has 1 aromatic carbocycles. The molecule has 0 spiro atoms. The van der Waals surface area contributed by atoms with Crippen LogP contribution in [0.25, 0.3) is 0 Å². The van der Waals surface area contributed by atoms with Crippen LogP contribution in [0.4, 0.5) is 0 Å². The van der Waals surface area contributed by atoms with E-state index in [9.17, 15) is 5.11 Å². The number of hydrogen-bond acceptors (Lipinski definition) is 3. The Morgan fingerprint density at radius 1 is 1.47 bits per heavy atom. The van der Waals surface area contributed by atoms with Gasteiger partial charge in [-0.25, -0.2) is 0 Å². The Balaban J connectivity index is 2.18. The highest BCUT2D eigenvalue weighted by Crippen LogP contribution is 2.13. The monoisotopic (exact) mass is 261 g/mol. The minimum Gasteiger partial charge on any atom is -0.491 e. The van der Waals surface area contributed by atoms with Crippen molar-refractivity contribution in [1.29, 1.82) is 0 Å². The van der Waals surface area contributed by atoms with Gasteiger partial charge in [-0.15, -0.1) is 12.3 Å². The van der Waals surface area contributed by atoms with E-state index in [-0.39, 0.29) is 0 Å². The molecule has 0 radical (unpaired) electrons. The third-order valence-electron chi connectivity index (χ3n) is 2.80. The SMILES string of the molecule is C#CCCCNCC(O)COc1cccc(CC)c1. The average molecular weight is 261 g/mol. The first kappa shape index (κ1) is 15.6. The minimum absolute atomic E-state index is 0.301. The molecular weight excluding hydrogens is 238 g/mol. The fraction of sp³-hybridized carbons (Fsp3) is 0.500. The molecular formula is C16H23NO2. The molecule has 0 bridgehead atoms. The standard InChI is InChI=1S/C16H23NO2/c1-3-5-6-10-17-12-15(18)13-19-16-9-7-8-14(4-2)11-16/h1,7-9,11,15,17-18H,4-6,10,12-13H2,2H3. The number of ether oxygens (including phenoxy) is 1. The van der Waals surface area contributed by atoms with Crippen LogP contribution in [0.3, 0.4) is 0 Å². The van der Waals surface area contributed by atoms with Crippen molar-refractivity contribution in [2.75, 3.05) is 19.7 Å². The summed E-state index contributed by atoms with van der Waals surface area (Å²) in [6.07, 6.45) is 7.34. The normalized spacial score (nSPS) is 11.8. The van der Waals surface area contributed by atoms with Crippen LogP contribution >= 0.6 is 0 Å². The van der Waals surface area contributed by atoms with Crippen LogP contribution in [0.1, 0.15) is 25.3 Å². The molecule has 1 aromatic rings. The number of aryl methyl sites for hydroxylation is 1. The van der Waals surface area contributed by atoms with Crippen molar-refractivity contribution in [3.8, 4) is 18.1 Å². The highest BCUT2D eigenvalue weighted by molar-refractivity contribution is 5.28. The molecule has 3 heteroatoms. The van der Waals surface area contributed by atoms with Gasteiger partial charge in [-0.05, 0) is 37.1 Å². The van der Waals surface area contributed by atoms with Crippen LogP contribution in [0.5, 0.6) is 5.75 Å². The Bertz CT molecular complexity index is 398. The maximum atomic E-state index is 9.77. The van der Waals surface area contributed by atoms with Crippen LogP contribution in [-0.4, -0.2) is 30.9 Å². The molecule has 1 unspecified atom stereocenters. The molecule has 0 fully saturated rings. The number of benzene rings is 1. The molecule has 3 nitrogen and oxygen atoms in total. The Morgan fingerprint density at radius 2 is 2.32 bits per heavy atom. The molecule has 0 amide bonds. The number of unbranched alkanes of at least 4 members (excludes halogenated alkanes) is 1. The molecule has 104 valence electrons. The zero-order valence-electron chi connectivity index (χ0n) is 11.6. The number of terminal acetylenes is 1. The van der Waals surface area contributed by atoms with Crippen molar-refractivity contribution >= 4 is 0 Å². The molecule has 0 heterocycles. The van der Waals surface area contributed by atoms with E-state index in [1.165, 1.54) is 5.56 Å². The topological polar surface area (TPSA) is 41.5 Å². The van der Waals surface area contributed by atoms with Gasteiger partial charge in [0.05, 0.1) is 0 Å². The van der Waals surface area contributed by atoms with Crippen molar-refractivity contribution < 1.29 is 9.84 Å². The Morgan fingerprint density at radius 3 is 3.05 bits per heavy atom. The first-order valence-electron chi connectivity index (χ1n) is 6.80. The van der Waals surface area contributed by atoms with Gasteiger partial charge in [-0.3, -0.25) is 0 Å². The van der Waals surface area contributed by atoms with Crippen LogP contribution < -0.4 is 10.1 Å². The molecule has 0 aliphatic heterocycles. The van der Waals surface area contributed by atoms with E-state index in [1.54, 1.807) is 0 Å². The van der Waals surface area contributed by atoms with Gasteiger partial charge < -0.3 is 15.2 Å². The van der Waals surface area contributed by atoms with Gasteiger partial charge in [0, 0.05) is 13.0 Å². The predicted octanol–water partition coefficient (Wildman–Crippen LogP) is 1.99. The van der Waals surface area contributed by atoms with Gasteiger partial charge in [0.2, 0.25) is 0 Å². The summed E-state index contributed by atoms with van der Waals surface area (Å²) in [5, 5.41) is 12.9. The van der Waals surface area contributed by atoms with Crippen LogP contribution in [0.2, 0.25) is 0 Å². The molecule has 0 aliphatic carbocycles. The van der Waals surface area contributed by atoms with Gasteiger partial charge in [-0.2, -0.15) is 0 Å².